The number of hydrogen-bond donors (Lipinski definition) is 2. The topological polar surface area (TPSA) is 55.1 Å². The molecule has 1 aromatic rings. The van der Waals surface area contributed by atoms with E-state index in [1.165, 1.54) is 0 Å². The molecule has 1 aromatic carbocycles. The molecule has 0 atom stereocenters. The lowest BCUT2D eigenvalue weighted by Crippen LogP contribution is -2.53. The van der Waals surface area contributed by atoms with Gasteiger partial charge in [-0.3, -0.25) is 4.79 Å². The quantitative estimate of drug-likeness (QED) is 0.829. The van der Waals surface area contributed by atoms with Crippen molar-refractivity contribution in [1.82, 2.24) is 0 Å². The van der Waals surface area contributed by atoms with Crippen molar-refractivity contribution >= 4 is 44.7 Å². The van der Waals surface area contributed by atoms with Gasteiger partial charge in [0.05, 0.1) is 16.1 Å². The third kappa shape index (κ3) is 2.54. The first-order valence-corrected chi connectivity index (χ1v) is 7.43. The van der Waals surface area contributed by atoms with E-state index in [2.05, 4.69) is 28.2 Å². The average Bonchev–Trinajstić information content (AvgIpc) is 2.30. The zero-order chi connectivity index (χ0) is 14.2. The highest BCUT2D eigenvalue weighted by Gasteiger charge is 2.50. The van der Waals surface area contributed by atoms with Crippen LogP contribution >= 0.6 is 28.1 Å². The Morgan fingerprint density at radius 3 is 2.68 bits per heavy atom. The van der Waals surface area contributed by atoms with Crippen molar-refractivity contribution in [2.45, 2.75) is 26.7 Å². The van der Waals surface area contributed by atoms with Crippen molar-refractivity contribution < 1.29 is 4.79 Å². The molecule has 3 N–H and O–H groups in total. The summed E-state index contributed by atoms with van der Waals surface area (Å²) in [5.41, 5.74) is 6.94. The van der Waals surface area contributed by atoms with Crippen LogP contribution in [-0.4, -0.2) is 10.9 Å². The number of rotatable bonds is 3. The van der Waals surface area contributed by atoms with E-state index in [9.17, 15) is 4.79 Å². The van der Waals surface area contributed by atoms with Gasteiger partial charge in [0, 0.05) is 4.47 Å². The number of aryl methyl sites for hydroxylation is 1. The van der Waals surface area contributed by atoms with Gasteiger partial charge in [0.2, 0.25) is 5.91 Å². The Bertz CT molecular complexity index is 538. The number of hydrogen-bond acceptors (Lipinski definition) is 2. The van der Waals surface area contributed by atoms with Gasteiger partial charge in [0.25, 0.3) is 0 Å². The molecule has 0 unspecified atom stereocenters. The third-order valence-electron chi connectivity index (χ3n) is 3.74. The minimum atomic E-state index is -0.669. The Kier molecular flexibility index (Phi) is 3.97. The van der Waals surface area contributed by atoms with Crippen LogP contribution in [0.2, 0.25) is 0 Å². The van der Waals surface area contributed by atoms with E-state index in [1.807, 2.05) is 25.1 Å². The number of benzene rings is 1. The summed E-state index contributed by atoms with van der Waals surface area (Å²) in [5.74, 6) is 0.401. The molecule has 1 amide bonds. The fourth-order valence-corrected chi connectivity index (χ4v) is 3.24. The van der Waals surface area contributed by atoms with Gasteiger partial charge in [0.15, 0.2) is 0 Å². The zero-order valence-electron chi connectivity index (χ0n) is 11.0. The summed E-state index contributed by atoms with van der Waals surface area (Å²) in [4.78, 5) is 12.8. The minimum Gasteiger partial charge on any atom is -0.392 e. The molecule has 0 aromatic heterocycles. The van der Waals surface area contributed by atoms with Crippen molar-refractivity contribution in [3.8, 4) is 0 Å². The first-order chi connectivity index (χ1) is 8.86. The number of carbonyl (C=O) groups excluding carboxylic acids is 1. The molecule has 102 valence electrons. The standard InChI is InChI=1S/C14H17BrN2OS/c1-8-6-14(7-8,12(16)19)13(18)17-10-5-3-4-9(2)11(10)15/h3-5,8H,6-7H2,1-2H3,(H2,16,19)(H,17,18). The molecule has 0 heterocycles. The summed E-state index contributed by atoms with van der Waals surface area (Å²) in [7, 11) is 0. The van der Waals surface area contributed by atoms with E-state index in [0.717, 1.165) is 28.6 Å². The molecule has 3 nitrogen and oxygen atoms in total. The third-order valence-corrected chi connectivity index (χ3v) is 5.18. The van der Waals surface area contributed by atoms with Crippen molar-refractivity contribution in [3.05, 3.63) is 28.2 Å². The van der Waals surface area contributed by atoms with Crippen molar-refractivity contribution in [2.24, 2.45) is 17.1 Å². The summed E-state index contributed by atoms with van der Waals surface area (Å²) in [6, 6.07) is 5.76. The van der Waals surface area contributed by atoms with Gasteiger partial charge in [-0.15, -0.1) is 0 Å². The Morgan fingerprint density at radius 1 is 1.53 bits per heavy atom. The molecule has 0 bridgehead atoms. The molecule has 0 spiro atoms. The summed E-state index contributed by atoms with van der Waals surface area (Å²) in [6.07, 6.45) is 1.47. The molecule has 1 fully saturated rings. The second kappa shape index (κ2) is 5.21. The fraction of sp³-hybridized carbons (Fsp3) is 0.429. The predicted molar refractivity (Wildman–Crippen MR) is 85.1 cm³/mol. The van der Waals surface area contributed by atoms with Gasteiger partial charge in [0.1, 0.15) is 0 Å². The van der Waals surface area contributed by atoms with E-state index in [0.29, 0.717) is 10.9 Å². The van der Waals surface area contributed by atoms with Crippen molar-refractivity contribution in [2.75, 3.05) is 5.32 Å². The normalized spacial score (nSPS) is 25.5. The Hall–Kier alpha value is -0.940. The molecule has 0 saturated heterocycles. The first-order valence-electron chi connectivity index (χ1n) is 6.23. The largest absolute Gasteiger partial charge is 0.392 e. The second-order valence-electron chi connectivity index (χ2n) is 5.35. The molecule has 1 aliphatic rings. The van der Waals surface area contributed by atoms with Gasteiger partial charge in [-0.2, -0.15) is 0 Å². The lowest BCUT2D eigenvalue weighted by molar-refractivity contribution is -0.127. The van der Waals surface area contributed by atoms with Crippen LogP contribution in [0.4, 0.5) is 5.69 Å². The van der Waals surface area contributed by atoms with Crippen LogP contribution in [0.1, 0.15) is 25.3 Å². The number of anilines is 1. The van der Waals surface area contributed by atoms with Crippen LogP contribution in [0, 0.1) is 18.3 Å². The summed E-state index contributed by atoms with van der Waals surface area (Å²) in [6.45, 7) is 4.08. The number of thiocarbonyl (C=S) groups is 1. The van der Waals surface area contributed by atoms with Gasteiger partial charge >= 0.3 is 0 Å². The molecule has 1 saturated carbocycles. The highest BCUT2D eigenvalue weighted by atomic mass is 79.9. The maximum absolute atomic E-state index is 12.5. The molecule has 0 aliphatic heterocycles. The second-order valence-corrected chi connectivity index (χ2v) is 6.58. The zero-order valence-corrected chi connectivity index (χ0v) is 13.4. The highest BCUT2D eigenvalue weighted by Crippen LogP contribution is 2.46. The van der Waals surface area contributed by atoms with Gasteiger partial charge in [-0.05, 0) is 53.2 Å². The van der Waals surface area contributed by atoms with Gasteiger partial charge in [-0.25, -0.2) is 0 Å². The fourth-order valence-electron chi connectivity index (χ4n) is 2.61. The van der Waals surface area contributed by atoms with E-state index < -0.39 is 5.41 Å². The molecule has 19 heavy (non-hydrogen) atoms. The molecular formula is C14H17BrN2OS. The Morgan fingerprint density at radius 2 is 2.16 bits per heavy atom. The van der Waals surface area contributed by atoms with E-state index in [4.69, 9.17) is 18.0 Å². The first kappa shape index (κ1) is 14.5. The van der Waals surface area contributed by atoms with Crippen LogP contribution in [0.5, 0.6) is 0 Å². The molecule has 5 heteroatoms. The summed E-state index contributed by atoms with van der Waals surface area (Å²) in [5, 5.41) is 2.94. The number of nitrogens with one attached hydrogen (secondary N) is 1. The molecule has 2 rings (SSSR count). The highest BCUT2D eigenvalue weighted by molar-refractivity contribution is 9.10. The van der Waals surface area contributed by atoms with E-state index >= 15 is 0 Å². The molecule has 0 radical (unpaired) electrons. The van der Waals surface area contributed by atoms with E-state index in [-0.39, 0.29) is 5.91 Å². The Labute approximate surface area is 127 Å². The SMILES string of the molecule is Cc1cccc(NC(=O)C2(C(N)=S)CC(C)C2)c1Br. The van der Waals surface area contributed by atoms with Crippen LogP contribution < -0.4 is 11.1 Å². The molecule has 1 aliphatic carbocycles. The monoisotopic (exact) mass is 340 g/mol. The smallest absolute Gasteiger partial charge is 0.237 e. The van der Waals surface area contributed by atoms with Gasteiger partial charge in [-0.1, -0.05) is 31.3 Å². The number of nitrogens with two attached hydrogens (primary N) is 1. The number of halogens is 1. The van der Waals surface area contributed by atoms with Crippen LogP contribution in [0.25, 0.3) is 0 Å². The maximum atomic E-state index is 12.5. The summed E-state index contributed by atoms with van der Waals surface area (Å²) < 4.78 is 0.897. The number of carbonyl (C=O) groups is 1. The van der Waals surface area contributed by atoms with Crippen LogP contribution in [-0.2, 0) is 4.79 Å². The predicted octanol–water partition coefficient (Wildman–Crippen LogP) is 3.40. The van der Waals surface area contributed by atoms with Gasteiger partial charge < -0.3 is 11.1 Å². The van der Waals surface area contributed by atoms with E-state index in [1.54, 1.807) is 0 Å². The maximum Gasteiger partial charge on any atom is 0.237 e. The summed E-state index contributed by atoms with van der Waals surface area (Å²) >= 11 is 8.58. The van der Waals surface area contributed by atoms with Crippen LogP contribution in [0.3, 0.4) is 0 Å². The lowest BCUT2D eigenvalue weighted by Gasteiger charge is -2.44. The van der Waals surface area contributed by atoms with Crippen LogP contribution in [0.15, 0.2) is 22.7 Å². The molecular weight excluding hydrogens is 324 g/mol. The van der Waals surface area contributed by atoms with Crippen molar-refractivity contribution in [3.63, 3.8) is 0 Å². The Balaban J connectivity index is 2.21. The number of amides is 1. The lowest BCUT2D eigenvalue weighted by atomic mass is 9.62. The van der Waals surface area contributed by atoms with Crippen molar-refractivity contribution in [1.29, 1.82) is 0 Å². The average molecular weight is 341 g/mol. The minimum absolute atomic E-state index is 0.0931.